The van der Waals surface area contributed by atoms with Crippen molar-refractivity contribution >= 4 is 10.9 Å². The Balaban J connectivity index is 2.61. The van der Waals surface area contributed by atoms with E-state index in [1.54, 1.807) is 6.07 Å². The standard InChI is InChI=1S/C12H16N2O/c1-8-11(15)5-4-10-12(8)9(6-13-10)7-14(2)3/h4-6,13,15H,7H2,1-3H3. The number of aryl methyl sites for hydroxylation is 1. The Hall–Kier alpha value is -1.48. The monoisotopic (exact) mass is 204 g/mol. The van der Waals surface area contributed by atoms with E-state index in [4.69, 9.17) is 0 Å². The molecule has 0 amide bonds. The molecule has 2 aromatic rings. The van der Waals surface area contributed by atoms with Crippen LogP contribution in [0.1, 0.15) is 11.1 Å². The van der Waals surface area contributed by atoms with Crippen LogP contribution in [0.15, 0.2) is 18.3 Å². The molecule has 0 aliphatic rings. The van der Waals surface area contributed by atoms with Crippen molar-refractivity contribution in [2.75, 3.05) is 14.1 Å². The van der Waals surface area contributed by atoms with Gasteiger partial charge in [-0.1, -0.05) is 0 Å². The Morgan fingerprint density at radius 2 is 2.07 bits per heavy atom. The first-order chi connectivity index (χ1) is 7.09. The number of aromatic hydroxyl groups is 1. The van der Waals surface area contributed by atoms with Crippen LogP contribution in [0.25, 0.3) is 10.9 Å². The van der Waals surface area contributed by atoms with Gasteiger partial charge in [0.2, 0.25) is 0 Å². The highest BCUT2D eigenvalue weighted by atomic mass is 16.3. The molecule has 2 rings (SSSR count). The molecule has 0 bridgehead atoms. The second-order valence-corrected chi connectivity index (χ2v) is 4.18. The van der Waals surface area contributed by atoms with Crippen LogP contribution in [0.2, 0.25) is 0 Å². The number of rotatable bonds is 2. The number of nitrogens with zero attached hydrogens (tertiary/aromatic N) is 1. The molecule has 0 saturated carbocycles. The fraction of sp³-hybridized carbons (Fsp3) is 0.333. The average Bonchev–Trinajstić information content (AvgIpc) is 2.55. The Morgan fingerprint density at radius 1 is 1.33 bits per heavy atom. The van der Waals surface area contributed by atoms with E-state index >= 15 is 0 Å². The van der Waals surface area contributed by atoms with E-state index in [-0.39, 0.29) is 0 Å². The summed E-state index contributed by atoms with van der Waals surface area (Å²) in [6, 6.07) is 3.64. The fourth-order valence-electron chi connectivity index (χ4n) is 1.94. The first kappa shape index (κ1) is 10.1. The number of phenolic OH excluding ortho intramolecular Hbond substituents is 1. The van der Waals surface area contributed by atoms with Gasteiger partial charge in [0.1, 0.15) is 5.75 Å². The van der Waals surface area contributed by atoms with Crippen LogP contribution in [0.5, 0.6) is 5.75 Å². The highest BCUT2D eigenvalue weighted by Gasteiger charge is 2.09. The zero-order chi connectivity index (χ0) is 11.0. The number of hydrogen-bond donors (Lipinski definition) is 2. The summed E-state index contributed by atoms with van der Waals surface area (Å²) in [6.07, 6.45) is 2.01. The van der Waals surface area contributed by atoms with Gasteiger partial charge in [-0.15, -0.1) is 0 Å². The molecule has 80 valence electrons. The number of fused-ring (bicyclic) bond motifs is 1. The third kappa shape index (κ3) is 1.70. The molecule has 1 heterocycles. The molecular formula is C12H16N2O. The van der Waals surface area contributed by atoms with Gasteiger partial charge >= 0.3 is 0 Å². The molecule has 1 aromatic carbocycles. The first-order valence-corrected chi connectivity index (χ1v) is 5.03. The molecule has 3 heteroatoms. The summed E-state index contributed by atoms with van der Waals surface area (Å²) in [6.45, 7) is 2.83. The van der Waals surface area contributed by atoms with Gasteiger partial charge in [-0.3, -0.25) is 0 Å². The summed E-state index contributed by atoms with van der Waals surface area (Å²) in [4.78, 5) is 5.34. The van der Waals surface area contributed by atoms with E-state index in [1.807, 2.05) is 33.3 Å². The largest absolute Gasteiger partial charge is 0.508 e. The second-order valence-electron chi connectivity index (χ2n) is 4.18. The summed E-state index contributed by atoms with van der Waals surface area (Å²) in [7, 11) is 4.08. The van der Waals surface area contributed by atoms with Gasteiger partial charge in [0, 0.05) is 29.2 Å². The lowest BCUT2D eigenvalue weighted by Crippen LogP contribution is -2.10. The van der Waals surface area contributed by atoms with Crippen molar-refractivity contribution in [3.8, 4) is 5.75 Å². The highest BCUT2D eigenvalue weighted by molar-refractivity contribution is 5.88. The summed E-state index contributed by atoms with van der Waals surface area (Å²) >= 11 is 0. The van der Waals surface area contributed by atoms with Crippen LogP contribution < -0.4 is 0 Å². The van der Waals surface area contributed by atoms with E-state index in [1.165, 1.54) is 5.56 Å². The van der Waals surface area contributed by atoms with Crippen molar-refractivity contribution in [2.45, 2.75) is 13.5 Å². The zero-order valence-corrected chi connectivity index (χ0v) is 9.33. The molecule has 0 unspecified atom stereocenters. The van der Waals surface area contributed by atoms with E-state index < -0.39 is 0 Å². The van der Waals surface area contributed by atoms with Gasteiger partial charge in [0.25, 0.3) is 0 Å². The lowest BCUT2D eigenvalue weighted by molar-refractivity contribution is 0.404. The maximum Gasteiger partial charge on any atom is 0.119 e. The summed E-state index contributed by atoms with van der Waals surface area (Å²) in [5.41, 5.74) is 3.26. The first-order valence-electron chi connectivity index (χ1n) is 5.03. The van der Waals surface area contributed by atoms with Crippen molar-refractivity contribution < 1.29 is 5.11 Å². The molecule has 1 aromatic heterocycles. The molecule has 0 atom stereocenters. The van der Waals surface area contributed by atoms with E-state index in [0.29, 0.717) is 5.75 Å². The van der Waals surface area contributed by atoms with Crippen molar-refractivity contribution in [1.82, 2.24) is 9.88 Å². The van der Waals surface area contributed by atoms with Crippen LogP contribution in [0.4, 0.5) is 0 Å². The van der Waals surface area contributed by atoms with E-state index in [0.717, 1.165) is 23.0 Å². The number of aromatic amines is 1. The smallest absolute Gasteiger partial charge is 0.119 e. The molecule has 0 fully saturated rings. The van der Waals surface area contributed by atoms with Crippen LogP contribution >= 0.6 is 0 Å². The topological polar surface area (TPSA) is 39.3 Å². The van der Waals surface area contributed by atoms with Crippen LogP contribution in [-0.2, 0) is 6.54 Å². The van der Waals surface area contributed by atoms with Crippen molar-refractivity contribution in [3.63, 3.8) is 0 Å². The van der Waals surface area contributed by atoms with E-state index in [9.17, 15) is 5.11 Å². The number of phenols is 1. The van der Waals surface area contributed by atoms with Crippen LogP contribution in [0.3, 0.4) is 0 Å². The van der Waals surface area contributed by atoms with Gasteiger partial charge < -0.3 is 15.0 Å². The molecule has 0 aliphatic heterocycles. The minimum atomic E-state index is 0.363. The van der Waals surface area contributed by atoms with Crippen molar-refractivity contribution in [2.24, 2.45) is 0 Å². The molecule has 0 saturated heterocycles. The lowest BCUT2D eigenvalue weighted by atomic mass is 10.1. The molecule has 0 radical (unpaired) electrons. The predicted molar refractivity (Wildman–Crippen MR) is 62.1 cm³/mol. The Bertz CT molecular complexity index is 486. The summed E-state index contributed by atoms with van der Waals surface area (Å²) in [5, 5.41) is 10.8. The summed E-state index contributed by atoms with van der Waals surface area (Å²) < 4.78 is 0. The predicted octanol–water partition coefficient (Wildman–Crippen LogP) is 2.24. The normalized spacial score (nSPS) is 11.5. The molecule has 2 N–H and O–H groups in total. The number of aromatic nitrogens is 1. The van der Waals surface area contributed by atoms with Crippen LogP contribution in [0, 0.1) is 6.92 Å². The molecular weight excluding hydrogens is 188 g/mol. The lowest BCUT2D eigenvalue weighted by Gasteiger charge is -2.09. The van der Waals surface area contributed by atoms with Gasteiger partial charge in [-0.05, 0) is 38.7 Å². The maximum absolute atomic E-state index is 9.67. The van der Waals surface area contributed by atoms with Gasteiger partial charge in [0.15, 0.2) is 0 Å². The molecule has 3 nitrogen and oxygen atoms in total. The zero-order valence-electron chi connectivity index (χ0n) is 9.33. The Morgan fingerprint density at radius 3 is 2.73 bits per heavy atom. The number of hydrogen-bond acceptors (Lipinski definition) is 2. The number of benzene rings is 1. The maximum atomic E-state index is 9.67. The van der Waals surface area contributed by atoms with Gasteiger partial charge in [0.05, 0.1) is 0 Å². The summed E-state index contributed by atoms with van der Waals surface area (Å²) in [5.74, 6) is 0.363. The number of nitrogens with one attached hydrogen (secondary N) is 1. The fourth-order valence-corrected chi connectivity index (χ4v) is 1.94. The third-order valence-corrected chi connectivity index (χ3v) is 2.65. The second kappa shape index (κ2) is 3.59. The average molecular weight is 204 g/mol. The Labute approximate surface area is 89.3 Å². The Kier molecular flexibility index (Phi) is 2.40. The van der Waals surface area contributed by atoms with Crippen LogP contribution in [-0.4, -0.2) is 29.1 Å². The quantitative estimate of drug-likeness (QED) is 0.787. The SMILES string of the molecule is Cc1c(O)ccc2[nH]cc(CN(C)C)c12. The van der Waals surface area contributed by atoms with Gasteiger partial charge in [-0.2, -0.15) is 0 Å². The molecule has 0 spiro atoms. The van der Waals surface area contributed by atoms with E-state index in [2.05, 4.69) is 9.88 Å². The van der Waals surface area contributed by atoms with Crippen molar-refractivity contribution in [1.29, 1.82) is 0 Å². The van der Waals surface area contributed by atoms with Gasteiger partial charge in [-0.25, -0.2) is 0 Å². The number of H-pyrrole nitrogens is 1. The molecule has 0 aliphatic carbocycles. The minimum absolute atomic E-state index is 0.363. The van der Waals surface area contributed by atoms with Crippen molar-refractivity contribution in [3.05, 3.63) is 29.5 Å². The molecule has 15 heavy (non-hydrogen) atoms. The minimum Gasteiger partial charge on any atom is -0.508 e. The third-order valence-electron chi connectivity index (χ3n) is 2.65. The highest BCUT2D eigenvalue weighted by Crippen LogP contribution is 2.29.